The molecule has 0 saturated heterocycles. The highest BCUT2D eigenvalue weighted by Gasteiger charge is 2.11. The second-order valence-corrected chi connectivity index (χ2v) is 5.12. The van der Waals surface area contributed by atoms with E-state index in [4.69, 9.17) is 9.84 Å². The number of carboxylic acid groups (broad SMARTS) is 1. The SMILES string of the molecule is CC(CCNC(=O)/C=C/c1ccc2c(c1)CCO2)C(=O)O. The van der Waals surface area contributed by atoms with Crippen molar-refractivity contribution in [3.8, 4) is 5.75 Å². The molecule has 0 fully saturated rings. The zero-order chi connectivity index (χ0) is 15.2. The molecule has 0 radical (unpaired) electrons. The predicted molar refractivity (Wildman–Crippen MR) is 79.1 cm³/mol. The minimum absolute atomic E-state index is 0.218. The van der Waals surface area contributed by atoms with E-state index in [2.05, 4.69) is 5.32 Å². The first-order chi connectivity index (χ1) is 10.1. The van der Waals surface area contributed by atoms with Gasteiger partial charge in [-0.1, -0.05) is 13.0 Å². The summed E-state index contributed by atoms with van der Waals surface area (Å²) in [5.41, 5.74) is 2.11. The van der Waals surface area contributed by atoms with E-state index < -0.39 is 11.9 Å². The van der Waals surface area contributed by atoms with Crippen molar-refractivity contribution in [3.63, 3.8) is 0 Å². The minimum Gasteiger partial charge on any atom is -0.493 e. The molecule has 0 saturated carbocycles. The number of aliphatic carboxylic acids is 1. The Balaban J connectivity index is 1.81. The van der Waals surface area contributed by atoms with E-state index in [0.717, 1.165) is 23.3 Å². The highest BCUT2D eigenvalue weighted by atomic mass is 16.5. The lowest BCUT2D eigenvalue weighted by atomic mass is 10.1. The van der Waals surface area contributed by atoms with E-state index in [9.17, 15) is 9.59 Å². The van der Waals surface area contributed by atoms with Gasteiger partial charge in [-0.15, -0.1) is 0 Å². The molecule has 112 valence electrons. The number of carboxylic acids is 1. The molecule has 1 atom stereocenters. The lowest BCUT2D eigenvalue weighted by Crippen LogP contribution is -2.25. The van der Waals surface area contributed by atoms with Crippen LogP contribution in [0.1, 0.15) is 24.5 Å². The van der Waals surface area contributed by atoms with Crippen LogP contribution in [-0.4, -0.2) is 30.1 Å². The molecule has 2 N–H and O–H groups in total. The molecule has 21 heavy (non-hydrogen) atoms. The van der Waals surface area contributed by atoms with Crippen molar-refractivity contribution in [2.24, 2.45) is 5.92 Å². The quantitative estimate of drug-likeness (QED) is 0.784. The first-order valence-electron chi connectivity index (χ1n) is 7.00. The average Bonchev–Trinajstić information content (AvgIpc) is 2.92. The number of hydrogen-bond acceptors (Lipinski definition) is 3. The van der Waals surface area contributed by atoms with Crippen LogP contribution in [0, 0.1) is 5.92 Å². The van der Waals surface area contributed by atoms with Crippen molar-refractivity contribution in [2.75, 3.05) is 13.2 Å². The van der Waals surface area contributed by atoms with E-state index in [1.807, 2.05) is 18.2 Å². The highest BCUT2D eigenvalue weighted by Crippen LogP contribution is 2.26. The number of hydrogen-bond donors (Lipinski definition) is 2. The van der Waals surface area contributed by atoms with E-state index in [0.29, 0.717) is 19.6 Å². The summed E-state index contributed by atoms with van der Waals surface area (Å²) in [5.74, 6) is -0.602. The Morgan fingerprint density at radius 1 is 1.48 bits per heavy atom. The van der Waals surface area contributed by atoms with Crippen LogP contribution in [0.4, 0.5) is 0 Å². The van der Waals surface area contributed by atoms with Crippen molar-refractivity contribution in [3.05, 3.63) is 35.4 Å². The van der Waals surface area contributed by atoms with Gasteiger partial charge in [0.1, 0.15) is 5.75 Å². The van der Waals surface area contributed by atoms with Gasteiger partial charge in [-0.3, -0.25) is 9.59 Å². The molecule has 1 heterocycles. The van der Waals surface area contributed by atoms with Gasteiger partial charge >= 0.3 is 5.97 Å². The molecule has 1 aliphatic heterocycles. The number of carbonyl (C=O) groups is 2. The Bertz CT molecular complexity index is 565. The van der Waals surface area contributed by atoms with Crippen molar-refractivity contribution in [1.29, 1.82) is 0 Å². The first-order valence-corrected chi connectivity index (χ1v) is 7.00. The average molecular weight is 289 g/mol. The first kappa shape index (κ1) is 15.1. The standard InChI is InChI=1S/C16H19NO4/c1-11(16(19)20)6-8-17-15(18)5-3-12-2-4-14-13(10-12)7-9-21-14/h2-5,10-11H,6-9H2,1H3,(H,17,18)(H,19,20)/b5-3+. The number of rotatable bonds is 6. The van der Waals surface area contributed by atoms with Crippen LogP contribution in [0.3, 0.4) is 0 Å². The topological polar surface area (TPSA) is 75.6 Å². The molecule has 5 heteroatoms. The fraction of sp³-hybridized carbons (Fsp3) is 0.375. The van der Waals surface area contributed by atoms with E-state index in [-0.39, 0.29) is 5.91 Å². The lowest BCUT2D eigenvalue weighted by Gasteiger charge is -2.06. The molecule has 0 aromatic heterocycles. The Kier molecular flexibility index (Phi) is 4.98. The van der Waals surface area contributed by atoms with Crippen LogP contribution in [0.25, 0.3) is 6.08 Å². The van der Waals surface area contributed by atoms with Crippen molar-refractivity contribution in [1.82, 2.24) is 5.32 Å². The summed E-state index contributed by atoms with van der Waals surface area (Å²) in [5, 5.41) is 11.4. The maximum absolute atomic E-state index is 11.6. The summed E-state index contributed by atoms with van der Waals surface area (Å²) in [4.78, 5) is 22.3. The number of benzene rings is 1. The van der Waals surface area contributed by atoms with Crippen LogP contribution in [0.2, 0.25) is 0 Å². The molecular weight excluding hydrogens is 270 g/mol. The summed E-state index contributed by atoms with van der Waals surface area (Å²) < 4.78 is 5.42. The largest absolute Gasteiger partial charge is 0.493 e. The molecule has 0 aliphatic carbocycles. The Morgan fingerprint density at radius 3 is 3.05 bits per heavy atom. The monoisotopic (exact) mass is 289 g/mol. The summed E-state index contributed by atoms with van der Waals surface area (Å²) in [6, 6.07) is 5.83. The Hall–Kier alpha value is -2.30. The summed E-state index contributed by atoms with van der Waals surface area (Å²) >= 11 is 0. The third kappa shape index (κ3) is 4.34. The molecule has 1 unspecified atom stereocenters. The van der Waals surface area contributed by atoms with E-state index >= 15 is 0 Å². The molecule has 1 aromatic carbocycles. The second kappa shape index (κ2) is 6.92. The van der Waals surface area contributed by atoms with Crippen LogP contribution in [0.15, 0.2) is 24.3 Å². The summed E-state index contributed by atoms with van der Waals surface area (Å²) in [7, 11) is 0. The van der Waals surface area contributed by atoms with Gasteiger partial charge in [0.15, 0.2) is 0 Å². The molecule has 1 aliphatic rings. The maximum Gasteiger partial charge on any atom is 0.306 e. The van der Waals surface area contributed by atoms with Crippen molar-refractivity contribution >= 4 is 18.0 Å². The van der Waals surface area contributed by atoms with E-state index in [1.54, 1.807) is 13.0 Å². The fourth-order valence-corrected chi connectivity index (χ4v) is 2.08. The van der Waals surface area contributed by atoms with Gasteiger partial charge in [0.05, 0.1) is 12.5 Å². The Labute approximate surface area is 123 Å². The van der Waals surface area contributed by atoms with Gasteiger partial charge in [-0.2, -0.15) is 0 Å². The van der Waals surface area contributed by atoms with Gasteiger partial charge in [-0.25, -0.2) is 0 Å². The van der Waals surface area contributed by atoms with Gasteiger partial charge in [0, 0.05) is 19.0 Å². The highest BCUT2D eigenvalue weighted by molar-refractivity contribution is 5.91. The zero-order valence-corrected chi connectivity index (χ0v) is 12.0. The van der Waals surface area contributed by atoms with Crippen LogP contribution < -0.4 is 10.1 Å². The van der Waals surface area contributed by atoms with Gasteiger partial charge in [0.25, 0.3) is 0 Å². The fourth-order valence-electron chi connectivity index (χ4n) is 2.08. The molecule has 2 rings (SSSR count). The number of carbonyl (C=O) groups excluding carboxylic acids is 1. The van der Waals surface area contributed by atoms with Gasteiger partial charge in [-0.05, 0) is 35.8 Å². The van der Waals surface area contributed by atoms with Crippen molar-refractivity contribution < 1.29 is 19.4 Å². The number of nitrogens with one attached hydrogen (secondary N) is 1. The van der Waals surface area contributed by atoms with Gasteiger partial charge in [0.2, 0.25) is 5.91 Å². The number of amides is 1. The molecule has 0 bridgehead atoms. The molecular formula is C16H19NO4. The molecule has 1 aromatic rings. The Morgan fingerprint density at radius 2 is 2.29 bits per heavy atom. The zero-order valence-electron chi connectivity index (χ0n) is 12.0. The predicted octanol–water partition coefficient (Wildman–Crippen LogP) is 1.86. The summed E-state index contributed by atoms with van der Waals surface area (Å²) in [6.07, 6.45) is 4.53. The second-order valence-electron chi connectivity index (χ2n) is 5.12. The van der Waals surface area contributed by atoms with Crippen molar-refractivity contribution in [2.45, 2.75) is 19.8 Å². The van der Waals surface area contributed by atoms with Crippen LogP contribution >= 0.6 is 0 Å². The third-order valence-electron chi connectivity index (χ3n) is 3.44. The van der Waals surface area contributed by atoms with Crippen LogP contribution in [0.5, 0.6) is 5.75 Å². The number of ether oxygens (including phenoxy) is 1. The third-order valence-corrected chi connectivity index (χ3v) is 3.44. The summed E-state index contributed by atoms with van der Waals surface area (Å²) in [6.45, 7) is 2.69. The minimum atomic E-state index is -0.847. The molecule has 1 amide bonds. The lowest BCUT2D eigenvalue weighted by molar-refractivity contribution is -0.141. The van der Waals surface area contributed by atoms with E-state index in [1.165, 1.54) is 6.08 Å². The normalized spacial score (nSPS) is 14.5. The van der Waals surface area contributed by atoms with Crippen LogP contribution in [-0.2, 0) is 16.0 Å². The molecule has 0 spiro atoms. The smallest absolute Gasteiger partial charge is 0.306 e. The number of fused-ring (bicyclic) bond motifs is 1. The maximum atomic E-state index is 11.6. The van der Waals surface area contributed by atoms with Gasteiger partial charge < -0.3 is 15.2 Å². The molecule has 5 nitrogen and oxygen atoms in total.